The van der Waals surface area contributed by atoms with Gasteiger partial charge in [0.2, 0.25) is 5.91 Å². The molecule has 0 aliphatic heterocycles. The van der Waals surface area contributed by atoms with E-state index in [0.29, 0.717) is 37.9 Å². The number of aromatic nitrogens is 2. The first-order valence-corrected chi connectivity index (χ1v) is 9.32. The molecule has 2 amide bonds. The number of primary amides is 2. The Morgan fingerprint density at radius 3 is 2.67 bits per heavy atom. The minimum absolute atomic E-state index is 0.00149. The van der Waals surface area contributed by atoms with Crippen LogP contribution in [0.3, 0.4) is 0 Å². The molecule has 0 saturated heterocycles. The van der Waals surface area contributed by atoms with E-state index in [4.69, 9.17) is 23.1 Å². The molecule has 0 aliphatic rings. The molecule has 3 rings (SSSR count). The Bertz CT molecular complexity index is 1120. The van der Waals surface area contributed by atoms with E-state index in [9.17, 15) is 14.4 Å². The number of aryl methyl sites for hydroxylation is 1. The topological polar surface area (TPSA) is 121 Å². The molecule has 1 aromatic carbocycles. The van der Waals surface area contributed by atoms with E-state index in [1.165, 1.54) is 4.57 Å². The highest BCUT2D eigenvalue weighted by Gasteiger charge is 2.20. The molecule has 0 aliphatic carbocycles. The molecule has 3 aromatic rings. The van der Waals surface area contributed by atoms with E-state index in [1.807, 2.05) is 12.1 Å². The summed E-state index contributed by atoms with van der Waals surface area (Å²) in [5.74, 6) is -0.654. The van der Waals surface area contributed by atoms with Crippen molar-refractivity contribution in [3.63, 3.8) is 0 Å². The lowest BCUT2D eigenvalue weighted by Crippen LogP contribution is -2.28. The molecule has 0 radical (unpaired) electrons. The van der Waals surface area contributed by atoms with Crippen LogP contribution >= 0.6 is 22.9 Å². The van der Waals surface area contributed by atoms with Crippen LogP contribution in [-0.4, -0.2) is 21.4 Å². The minimum Gasteiger partial charge on any atom is -0.370 e. The molecule has 0 spiro atoms. The van der Waals surface area contributed by atoms with E-state index < -0.39 is 11.8 Å². The molecule has 0 bridgehead atoms. The maximum atomic E-state index is 13.1. The quantitative estimate of drug-likeness (QED) is 0.652. The molecule has 7 nitrogen and oxygen atoms in total. The molecule has 0 saturated carbocycles. The molecule has 0 fully saturated rings. The number of benzene rings is 1. The second-order valence-corrected chi connectivity index (χ2v) is 7.54. The monoisotopic (exact) mass is 404 g/mol. The van der Waals surface area contributed by atoms with E-state index in [1.54, 1.807) is 19.1 Å². The van der Waals surface area contributed by atoms with Gasteiger partial charge in [0.05, 0.1) is 10.3 Å². The number of nitrogens with two attached hydrogens (primary N) is 2. The van der Waals surface area contributed by atoms with Gasteiger partial charge in [-0.25, -0.2) is 4.98 Å². The van der Waals surface area contributed by atoms with E-state index in [-0.39, 0.29) is 18.5 Å². The third kappa shape index (κ3) is 3.86. The lowest BCUT2D eigenvalue weighted by atomic mass is 10.1. The molecule has 0 atom stereocenters. The van der Waals surface area contributed by atoms with Gasteiger partial charge in [-0.1, -0.05) is 23.7 Å². The predicted octanol–water partition coefficient (Wildman–Crippen LogP) is 1.98. The van der Waals surface area contributed by atoms with Crippen molar-refractivity contribution < 1.29 is 9.59 Å². The smallest absolute Gasteiger partial charge is 0.262 e. The molecule has 27 heavy (non-hydrogen) atoms. The summed E-state index contributed by atoms with van der Waals surface area (Å²) in [7, 11) is 0. The summed E-state index contributed by atoms with van der Waals surface area (Å²) >= 11 is 7.13. The molecule has 2 heterocycles. The number of nitrogens with zero attached hydrogens (tertiary/aromatic N) is 2. The fourth-order valence-corrected chi connectivity index (χ4v) is 4.17. The molecule has 0 unspecified atom stereocenters. The maximum absolute atomic E-state index is 13.1. The number of hydrogen-bond donors (Lipinski definition) is 2. The van der Waals surface area contributed by atoms with Gasteiger partial charge in [-0.3, -0.25) is 19.0 Å². The predicted molar refractivity (Wildman–Crippen MR) is 105 cm³/mol. The van der Waals surface area contributed by atoms with Crippen LogP contribution < -0.4 is 17.0 Å². The second kappa shape index (κ2) is 7.50. The second-order valence-electron chi connectivity index (χ2n) is 6.11. The van der Waals surface area contributed by atoms with Crippen LogP contribution in [0, 0.1) is 6.92 Å². The van der Waals surface area contributed by atoms with Crippen LogP contribution in [0.4, 0.5) is 0 Å². The van der Waals surface area contributed by atoms with E-state index in [0.717, 1.165) is 16.9 Å². The van der Waals surface area contributed by atoms with Crippen LogP contribution in [0.25, 0.3) is 10.2 Å². The molecule has 140 valence electrons. The third-order valence-corrected chi connectivity index (χ3v) is 5.62. The van der Waals surface area contributed by atoms with E-state index in [2.05, 4.69) is 4.98 Å². The fourth-order valence-electron chi connectivity index (χ4n) is 2.91. The van der Waals surface area contributed by atoms with Crippen molar-refractivity contribution in [1.82, 2.24) is 9.55 Å². The summed E-state index contributed by atoms with van der Waals surface area (Å²) in [5, 5.41) is 0.913. The van der Waals surface area contributed by atoms with Crippen LogP contribution in [0.5, 0.6) is 0 Å². The lowest BCUT2D eigenvalue weighted by molar-refractivity contribution is -0.118. The van der Waals surface area contributed by atoms with Crippen molar-refractivity contribution in [2.45, 2.75) is 26.3 Å². The van der Waals surface area contributed by atoms with E-state index >= 15 is 0 Å². The Kier molecular flexibility index (Phi) is 5.29. The molecule has 9 heteroatoms. The van der Waals surface area contributed by atoms with Gasteiger partial charge in [-0.05, 0) is 30.2 Å². The average molecular weight is 405 g/mol. The number of amides is 2. The number of carbonyl (C=O) groups is 2. The Hall–Kier alpha value is -2.71. The Labute approximate surface area is 163 Å². The van der Waals surface area contributed by atoms with Crippen molar-refractivity contribution in [3.8, 4) is 0 Å². The van der Waals surface area contributed by atoms with Crippen molar-refractivity contribution in [1.29, 1.82) is 0 Å². The highest BCUT2D eigenvalue weighted by Crippen LogP contribution is 2.27. The summed E-state index contributed by atoms with van der Waals surface area (Å²) in [6, 6.07) is 7.21. The van der Waals surface area contributed by atoms with Crippen LogP contribution in [0.15, 0.2) is 29.1 Å². The number of thiophene rings is 1. The SMILES string of the molecule is Cc1c(C(N)=O)sc2nc(Cc3cccc(Cl)c3)n(CCC(N)=O)c(=O)c12. The number of carbonyl (C=O) groups excluding carboxylic acids is 2. The van der Waals surface area contributed by atoms with Crippen LogP contribution in [0.2, 0.25) is 5.02 Å². The lowest BCUT2D eigenvalue weighted by Gasteiger charge is -2.12. The third-order valence-electron chi connectivity index (χ3n) is 4.19. The molecule has 2 aromatic heterocycles. The van der Waals surface area contributed by atoms with Crippen molar-refractivity contribution in [2.24, 2.45) is 11.5 Å². The first kappa shape index (κ1) is 19.1. The molecule has 4 N–H and O–H groups in total. The molecular formula is C18H17ClN4O3S. The van der Waals surface area contributed by atoms with Gasteiger partial charge < -0.3 is 11.5 Å². The molecular weight excluding hydrogens is 388 g/mol. The summed E-state index contributed by atoms with van der Waals surface area (Å²) in [4.78, 5) is 41.3. The van der Waals surface area contributed by atoms with Gasteiger partial charge in [0, 0.05) is 24.4 Å². The van der Waals surface area contributed by atoms with Crippen molar-refractivity contribution in [3.05, 3.63) is 61.5 Å². The maximum Gasteiger partial charge on any atom is 0.262 e. The Morgan fingerprint density at radius 1 is 1.30 bits per heavy atom. The first-order valence-electron chi connectivity index (χ1n) is 8.13. The highest BCUT2D eigenvalue weighted by atomic mass is 35.5. The minimum atomic E-state index is -0.602. The zero-order valence-corrected chi connectivity index (χ0v) is 16.1. The van der Waals surface area contributed by atoms with Crippen molar-refractivity contribution >= 4 is 45.0 Å². The van der Waals surface area contributed by atoms with Gasteiger partial charge in [0.15, 0.2) is 0 Å². The largest absolute Gasteiger partial charge is 0.370 e. The first-order chi connectivity index (χ1) is 12.8. The average Bonchev–Trinajstić information content (AvgIpc) is 2.91. The van der Waals surface area contributed by atoms with Gasteiger partial charge in [0.1, 0.15) is 10.7 Å². The number of halogens is 1. The zero-order chi connectivity index (χ0) is 19.7. The summed E-state index contributed by atoms with van der Waals surface area (Å²) in [6.45, 7) is 1.77. The van der Waals surface area contributed by atoms with Gasteiger partial charge >= 0.3 is 0 Å². The summed E-state index contributed by atoms with van der Waals surface area (Å²) < 4.78 is 1.43. The fraction of sp³-hybridized carbons (Fsp3) is 0.222. The summed E-state index contributed by atoms with van der Waals surface area (Å²) in [6.07, 6.45) is 0.342. The number of hydrogen-bond acceptors (Lipinski definition) is 5. The van der Waals surface area contributed by atoms with Crippen LogP contribution in [0.1, 0.15) is 33.0 Å². The zero-order valence-electron chi connectivity index (χ0n) is 14.5. The standard InChI is InChI=1S/C18H17ClN4O3S/c1-9-14-17(27-15(9)16(21)25)22-13(8-10-3-2-4-11(19)7-10)23(18(14)26)6-5-12(20)24/h2-4,7H,5-6,8H2,1H3,(H2,20,24)(H2,21,25). The number of fused-ring (bicyclic) bond motifs is 1. The Morgan fingerprint density at radius 2 is 2.04 bits per heavy atom. The van der Waals surface area contributed by atoms with Crippen molar-refractivity contribution in [2.75, 3.05) is 0 Å². The van der Waals surface area contributed by atoms with Gasteiger partial charge in [-0.2, -0.15) is 0 Å². The summed E-state index contributed by atoms with van der Waals surface area (Å²) in [5.41, 5.74) is 11.7. The van der Waals surface area contributed by atoms with Gasteiger partial charge in [0.25, 0.3) is 11.5 Å². The van der Waals surface area contributed by atoms with Gasteiger partial charge in [-0.15, -0.1) is 11.3 Å². The van der Waals surface area contributed by atoms with Crippen LogP contribution in [-0.2, 0) is 17.8 Å². The normalized spacial score (nSPS) is 11.0. The Balaban J connectivity index is 2.20. The highest BCUT2D eigenvalue weighted by molar-refractivity contribution is 7.20. The number of rotatable bonds is 6.